The molecule has 4 rings (SSSR count). The van der Waals surface area contributed by atoms with Gasteiger partial charge in [0.15, 0.2) is 5.43 Å². The predicted octanol–water partition coefficient (Wildman–Crippen LogP) is 4.16. The summed E-state index contributed by atoms with van der Waals surface area (Å²) < 4.78 is 19.6. The topological polar surface area (TPSA) is 70.8 Å². The summed E-state index contributed by atoms with van der Waals surface area (Å²) in [5.41, 5.74) is 1.86. The molecule has 156 valence electrons. The number of amides is 1. The van der Waals surface area contributed by atoms with Gasteiger partial charge in [-0.3, -0.25) is 9.59 Å². The van der Waals surface area contributed by atoms with Crippen LogP contribution in [0.5, 0.6) is 0 Å². The fourth-order valence-electron chi connectivity index (χ4n) is 3.98. The number of rotatable bonds is 4. The summed E-state index contributed by atoms with van der Waals surface area (Å²) in [6.07, 6.45) is 0.374. The summed E-state index contributed by atoms with van der Waals surface area (Å²) in [5, 5.41) is 9.40. The van der Waals surface area contributed by atoms with Gasteiger partial charge in [-0.1, -0.05) is 45.0 Å². The van der Waals surface area contributed by atoms with E-state index in [2.05, 4.69) is 20.8 Å². The van der Waals surface area contributed by atoms with Crippen LogP contribution in [-0.2, 0) is 5.41 Å². The van der Waals surface area contributed by atoms with Crippen LogP contribution in [0.4, 0.5) is 4.39 Å². The molecule has 0 aliphatic carbocycles. The Bertz CT molecular complexity index is 1170. The van der Waals surface area contributed by atoms with Crippen LogP contribution in [0.1, 0.15) is 60.5 Å². The molecule has 1 aromatic heterocycles. The zero-order valence-electron chi connectivity index (χ0n) is 17.2. The van der Waals surface area contributed by atoms with Crippen molar-refractivity contribution in [3.63, 3.8) is 0 Å². The molecule has 0 bridgehead atoms. The average Bonchev–Trinajstić information content (AvgIpc) is 2.98. The number of halogens is 1. The number of benzene rings is 2. The highest BCUT2D eigenvalue weighted by Crippen LogP contribution is 2.38. The molecule has 0 saturated heterocycles. The quantitative estimate of drug-likeness (QED) is 0.703. The first-order chi connectivity index (χ1) is 14.2. The van der Waals surface area contributed by atoms with Gasteiger partial charge in [0.1, 0.15) is 11.4 Å². The largest absolute Gasteiger partial charge is 0.450 e. The summed E-state index contributed by atoms with van der Waals surface area (Å²) in [6.45, 7) is 6.53. The monoisotopic (exact) mass is 409 g/mol. The highest BCUT2D eigenvalue weighted by atomic mass is 19.1. The Hall–Kier alpha value is -2.99. The lowest BCUT2D eigenvalue weighted by Gasteiger charge is -2.26. The van der Waals surface area contributed by atoms with Crippen molar-refractivity contribution in [3.8, 4) is 0 Å². The van der Waals surface area contributed by atoms with E-state index in [1.807, 2.05) is 24.3 Å². The number of aliphatic hydroxyl groups excluding tert-OH is 1. The molecule has 1 amide bonds. The Morgan fingerprint density at radius 1 is 1.10 bits per heavy atom. The second-order valence-electron chi connectivity index (χ2n) is 8.66. The standard InChI is InChI=1S/C24H24FNO4/c1-24(2,3)15-7-5-14(6-8-15)20-19-21(28)17-13-16(25)9-10-18(17)30-22(19)23(29)26(20)11-4-12-27/h5-10,13,20,27H,4,11-12H2,1-3H3. The third-order valence-electron chi connectivity index (χ3n) is 5.58. The van der Waals surface area contributed by atoms with Gasteiger partial charge in [-0.15, -0.1) is 0 Å². The molecule has 2 heterocycles. The summed E-state index contributed by atoms with van der Waals surface area (Å²) in [6, 6.07) is 10.9. The second-order valence-corrected chi connectivity index (χ2v) is 8.66. The molecular formula is C24H24FNO4. The van der Waals surface area contributed by atoms with Gasteiger partial charge in [-0.05, 0) is 41.2 Å². The summed E-state index contributed by atoms with van der Waals surface area (Å²) in [7, 11) is 0. The Kier molecular flexibility index (Phi) is 4.98. The van der Waals surface area contributed by atoms with Crippen LogP contribution >= 0.6 is 0 Å². The van der Waals surface area contributed by atoms with E-state index in [1.165, 1.54) is 12.1 Å². The lowest BCUT2D eigenvalue weighted by Crippen LogP contribution is -2.31. The lowest BCUT2D eigenvalue weighted by atomic mass is 9.86. The Morgan fingerprint density at radius 2 is 1.80 bits per heavy atom. The molecule has 30 heavy (non-hydrogen) atoms. The van der Waals surface area contributed by atoms with Crippen LogP contribution < -0.4 is 5.43 Å². The van der Waals surface area contributed by atoms with Crippen molar-refractivity contribution in [2.24, 2.45) is 0 Å². The van der Waals surface area contributed by atoms with Gasteiger partial charge in [-0.25, -0.2) is 4.39 Å². The van der Waals surface area contributed by atoms with Gasteiger partial charge >= 0.3 is 0 Å². The van der Waals surface area contributed by atoms with Crippen LogP contribution in [0.15, 0.2) is 51.7 Å². The molecule has 3 aromatic rings. The van der Waals surface area contributed by atoms with Gasteiger partial charge in [0.05, 0.1) is 17.0 Å². The van der Waals surface area contributed by atoms with Crippen LogP contribution in [0.25, 0.3) is 11.0 Å². The van der Waals surface area contributed by atoms with E-state index in [1.54, 1.807) is 4.90 Å². The number of carbonyl (C=O) groups is 1. The number of carbonyl (C=O) groups excluding carboxylic acids is 1. The molecule has 0 fully saturated rings. The summed E-state index contributed by atoms with van der Waals surface area (Å²) >= 11 is 0. The minimum absolute atomic E-state index is 0.0121. The van der Waals surface area contributed by atoms with E-state index in [4.69, 9.17) is 4.42 Å². The van der Waals surface area contributed by atoms with Gasteiger partial charge in [0.25, 0.3) is 5.91 Å². The van der Waals surface area contributed by atoms with E-state index in [-0.39, 0.29) is 40.9 Å². The van der Waals surface area contributed by atoms with Crippen molar-refractivity contribution < 1.29 is 18.7 Å². The van der Waals surface area contributed by atoms with Gasteiger partial charge in [-0.2, -0.15) is 0 Å². The van der Waals surface area contributed by atoms with Gasteiger partial charge in [0.2, 0.25) is 5.76 Å². The number of hydrogen-bond acceptors (Lipinski definition) is 4. The first-order valence-corrected chi connectivity index (χ1v) is 10.0. The smallest absolute Gasteiger partial charge is 0.290 e. The first-order valence-electron chi connectivity index (χ1n) is 10.0. The Morgan fingerprint density at radius 3 is 2.43 bits per heavy atom. The van der Waals surface area contributed by atoms with Crippen LogP contribution in [0.3, 0.4) is 0 Å². The average molecular weight is 409 g/mol. The molecule has 0 radical (unpaired) electrons. The van der Waals surface area contributed by atoms with Crippen molar-refractivity contribution in [2.45, 2.75) is 38.6 Å². The molecule has 0 spiro atoms. The van der Waals surface area contributed by atoms with Crippen molar-refractivity contribution in [3.05, 3.63) is 81.0 Å². The second kappa shape index (κ2) is 7.36. The molecule has 2 aromatic carbocycles. The molecule has 6 heteroatoms. The maximum Gasteiger partial charge on any atom is 0.290 e. The SMILES string of the molecule is CC(C)(C)c1ccc(C2c3c(oc4ccc(F)cc4c3=O)C(=O)N2CCCO)cc1. The van der Waals surface area contributed by atoms with Crippen LogP contribution in [-0.4, -0.2) is 29.1 Å². The molecular weight excluding hydrogens is 385 g/mol. The van der Waals surface area contributed by atoms with E-state index in [0.717, 1.165) is 17.2 Å². The third-order valence-corrected chi connectivity index (χ3v) is 5.58. The third kappa shape index (κ3) is 3.31. The number of nitrogens with zero attached hydrogens (tertiary/aromatic N) is 1. The van der Waals surface area contributed by atoms with Crippen molar-refractivity contribution in [1.82, 2.24) is 4.90 Å². The van der Waals surface area contributed by atoms with Crippen molar-refractivity contribution >= 4 is 16.9 Å². The number of fused-ring (bicyclic) bond motifs is 2. The van der Waals surface area contributed by atoms with E-state index >= 15 is 0 Å². The zero-order chi connectivity index (χ0) is 21.6. The normalized spacial score (nSPS) is 16.4. The zero-order valence-corrected chi connectivity index (χ0v) is 17.2. The molecule has 5 nitrogen and oxygen atoms in total. The van der Waals surface area contributed by atoms with Crippen molar-refractivity contribution in [2.75, 3.05) is 13.2 Å². The molecule has 1 atom stereocenters. The Labute approximate surface area is 173 Å². The minimum Gasteiger partial charge on any atom is -0.450 e. The summed E-state index contributed by atoms with van der Waals surface area (Å²) in [4.78, 5) is 28.0. The molecule has 0 saturated carbocycles. The highest BCUT2D eigenvalue weighted by Gasteiger charge is 2.42. The summed E-state index contributed by atoms with van der Waals surface area (Å²) in [5.74, 6) is -0.948. The van der Waals surface area contributed by atoms with Gasteiger partial charge < -0.3 is 14.4 Å². The predicted molar refractivity (Wildman–Crippen MR) is 112 cm³/mol. The van der Waals surface area contributed by atoms with Gasteiger partial charge in [0, 0.05) is 13.2 Å². The fourth-order valence-corrected chi connectivity index (χ4v) is 3.98. The molecule has 1 aliphatic heterocycles. The lowest BCUT2D eigenvalue weighted by molar-refractivity contribution is 0.0716. The maximum atomic E-state index is 13.8. The van der Waals surface area contributed by atoms with E-state index in [0.29, 0.717) is 6.42 Å². The van der Waals surface area contributed by atoms with Crippen molar-refractivity contribution in [1.29, 1.82) is 0 Å². The molecule has 1 unspecified atom stereocenters. The van der Waals surface area contributed by atoms with Crippen LogP contribution in [0.2, 0.25) is 0 Å². The molecule has 1 N–H and O–H groups in total. The maximum absolute atomic E-state index is 13.8. The van der Waals surface area contributed by atoms with E-state index < -0.39 is 23.2 Å². The van der Waals surface area contributed by atoms with E-state index in [9.17, 15) is 19.1 Å². The number of hydrogen-bond donors (Lipinski definition) is 1. The minimum atomic E-state index is -0.642. The highest BCUT2D eigenvalue weighted by molar-refractivity contribution is 5.99. The first kappa shape index (κ1) is 20.3. The Balaban J connectivity index is 1.92. The number of aliphatic hydroxyl groups is 1. The van der Waals surface area contributed by atoms with Crippen LogP contribution in [0, 0.1) is 5.82 Å². The fraction of sp³-hybridized carbons (Fsp3) is 0.333. The molecule has 1 aliphatic rings.